The summed E-state index contributed by atoms with van der Waals surface area (Å²) >= 11 is 0. The fourth-order valence-electron chi connectivity index (χ4n) is 3.38. The third-order valence-corrected chi connectivity index (χ3v) is 5.07. The van der Waals surface area contributed by atoms with Gasteiger partial charge in [0.1, 0.15) is 12.9 Å². The number of amides is 1. The third-order valence-electron chi connectivity index (χ3n) is 5.07. The molecule has 0 aromatic heterocycles. The van der Waals surface area contributed by atoms with Crippen LogP contribution in [0.25, 0.3) is 16.8 Å². The van der Waals surface area contributed by atoms with Crippen LogP contribution in [0.3, 0.4) is 0 Å². The standard InChI is InChI=1S/C28H21NO4/c30-18-22-11-14-23-16-20(10-13-24(23)17-22)12-15-27(31)29-26-9-5-4-8-25(26)28(32)33-19-21-6-2-1-3-7-21/h1-18H,19H2,(H,29,31). The monoisotopic (exact) mass is 435 g/mol. The molecule has 1 amide bonds. The van der Waals surface area contributed by atoms with E-state index in [4.69, 9.17) is 4.74 Å². The van der Waals surface area contributed by atoms with E-state index in [1.807, 2.05) is 60.7 Å². The van der Waals surface area contributed by atoms with Crippen molar-refractivity contribution in [1.82, 2.24) is 0 Å². The van der Waals surface area contributed by atoms with Gasteiger partial charge in [-0.1, -0.05) is 66.7 Å². The van der Waals surface area contributed by atoms with Crippen molar-refractivity contribution >= 4 is 40.7 Å². The number of para-hydroxylation sites is 1. The van der Waals surface area contributed by atoms with E-state index in [1.165, 1.54) is 6.08 Å². The zero-order valence-electron chi connectivity index (χ0n) is 17.7. The molecule has 0 bridgehead atoms. The van der Waals surface area contributed by atoms with Crippen molar-refractivity contribution in [3.05, 3.63) is 119 Å². The van der Waals surface area contributed by atoms with Crippen LogP contribution in [0.5, 0.6) is 0 Å². The maximum Gasteiger partial charge on any atom is 0.340 e. The van der Waals surface area contributed by atoms with E-state index in [2.05, 4.69) is 5.32 Å². The van der Waals surface area contributed by atoms with Gasteiger partial charge in [-0.2, -0.15) is 0 Å². The van der Waals surface area contributed by atoms with E-state index in [-0.39, 0.29) is 18.1 Å². The smallest absolute Gasteiger partial charge is 0.340 e. The summed E-state index contributed by atoms with van der Waals surface area (Å²) in [5.41, 5.74) is 3.00. The average Bonchev–Trinajstić information content (AvgIpc) is 2.86. The number of hydrogen-bond donors (Lipinski definition) is 1. The van der Waals surface area contributed by atoms with Crippen molar-refractivity contribution < 1.29 is 19.1 Å². The van der Waals surface area contributed by atoms with Crippen LogP contribution in [0.4, 0.5) is 5.69 Å². The van der Waals surface area contributed by atoms with Gasteiger partial charge < -0.3 is 10.1 Å². The zero-order chi connectivity index (χ0) is 23.0. The number of carbonyl (C=O) groups is 3. The first-order chi connectivity index (χ1) is 16.1. The van der Waals surface area contributed by atoms with Gasteiger partial charge >= 0.3 is 5.97 Å². The Morgan fingerprint density at radius 2 is 1.45 bits per heavy atom. The average molecular weight is 435 g/mol. The van der Waals surface area contributed by atoms with Gasteiger partial charge in [-0.05, 0) is 52.2 Å². The molecule has 0 heterocycles. The first kappa shape index (κ1) is 21.7. The number of fused-ring (bicyclic) bond motifs is 1. The van der Waals surface area contributed by atoms with Gasteiger partial charge in [0.25, 0.3) is 0 Å². The Balaban J connectivity index is 1.43. The first-order valence-electron chi connectivity index (χ1n) is 10.4. The van der Waals surface area contributed by atoms with Crippen LogP contribution in [-0.2, 0) is 16.1 Å². The molecule has 33 heavy (non-hydrogen) atoms. The van der Waals surface area contributed by atoms with Crippen molar-refractivity contribution in [3.63, 3.8) is 0 Å². The van der Waals surface area contributed by atoms with Crippen LogP contribution < -0.4 is 5.32 Å². The topological polar surface area (TPSA) is 72.5 Å². The molecule has 0 fully saturated rings. The minimum atomic E-state index is -0.511. The molecule has 0 atom stereocenters. The molecule has 162 valence electrons. The van der Waals surface area contributed by atoms with Crippen LogP contribution in [0, 0.1) is 0 Å². The fourth-order valence-corrected chi connectivity index (χ4v) is 3.38. The molecule has 4 aromatic rings. The molecule has 0 radical (unpaired) electrons. The molecular formula is C28H21NO4. The van der Waals surface area contributed by atoms with Gasteiger partial charge in [-0.3, -0.25) is 9.59 Å². The van der Waals surface area contributed by atoms with Gasteiger partial charge in [0.2, 0.25) is 5.91 Å². The Bertz CT molecular complexity index is 1340. The van der Waals surface area contributed by atoms with Gasteiger partial charge in [0.05, 0.1) is 11.3 Å². The molecule has 5 nitrogen and oxygen atoms in total. The van der Waals surface area contributed by atoms with Gasteiger partial charge in [0, 0.05) is 11.6 Å². The van der Waals surface area contributed by atoms with Crippen molar-refractivity contribution in [2.24, 2.45) is 0 Å². The summed E-state index contributed by atoms with van der Waals surface area (Å²) in [5.74, 6) is -0.877. The lowest BCUT2D eigenvalue weighted by atomic mass is 10.0. The molecule has 0 saturated heterocycles. The molecular weight excluding hydrogens is 414 g/mol. The Kier molecular flexibility index (Phi) is 6.71. The maximum atomic E-state index is 12.6. The first-order valence-corrected chi connectivity index (χ1v) is 10.4. The number of nitrogens with one attached hydrogen (secondary N) is 1. The number of esters is 1. The Morgan fingerprint density at radius 1 is 0.788 bits per heavy atom. The van der Waals surface area contributed by atoms with E-state index in [0.717, 1.165) is 28.2 Å². The molecule has 0 saturated carbocycles. The zero-order valence-corrected chi connectivity index (χ0v) is 17.7. The van der Waals surface area contributed by atoms with Crippen LogP contribution in [0.2, 0.25) is 0 Å². The molecule has 4 rings (SSSR count). The van der Waals surface area contributed by atoms with Crippen LogP contribution >= 0.6 is 0 Å². The number of hydrogen-bond acceptors (Lipinski definition) is 4. The normalized spacial score (nSPS) is 10.8. The summed E-state index contributed by atoms with van der Waals surface area (Å²) in [6.45, 7) is 0.151. The summed E-state index contributed by atoms with van der Waals surface area (Å²) in [7, 11) is 0. The summed E-state index contributed by atoms with van der Waals surface area (Å²) in [6, 6.07) is 27.3. The number of benzene rings is 4. The van der Waals surface area contributed by atoms with Crippen LogP contribution in [0.15, 0.2) is 97.1 Å². The number of ether oxygens (including phenoxy) is 1. The summed E-state index contributed by atoms with van der Waals surface area (Å²) in [5, 5.41) is 4.66. The highest BCUT2D eigenvalue weighted by atomic mass is 16.5. The second-order valence-electron chi connectivity index (χ2n) is 7.41. The van der Waals surface area contributed by atoms with Crippen LogP contribution in [-0.4, -0.2) is 18.2 Å². The SMILES string of the molecule is O=Cc1ccc2cc(C=CC(=O)Nc3ccccc3C(=O)OCc3ccccc3)ccc2c1. The van der Waals surface area contributed by atoms with Crippen molar-refractivity contribution in [2.75, 3.05) is 5.32 Å². The van der Waals surface area contributed by atoms with E-state index in [9.17, 15) is 14.4 Å². The van der Waals surface area contributed by atoms with Crippen molar-refractivity contribution in [3.8, 4) is 0 Å². The van der Waals surface area contributed by atoms with Crippen molar-refractivity contribution in [1.29, 1.82) is 0 Å². The number of anilines is 1. The fraction of sp³-hybridized carbons (Fsp3) is 0.0357. The molecule has 4 aromatic carbocycles. The number of aldehydes is 1. The quantitative estimate of drug-likeness (QED) is 0.231. The van der Waals surface area contributed by atoms with Gasteiger partial charge in [-0.25, -0.2) is 4.79 Å². The van der Waals surface area contributed by atoms with E-state index < -0.39 is 5.97 Å². The minimum absolute atomic E-state index is 0.151. The molecule has 1 N–H and O–H groups in total. The highest BCUT2D eigenvalue weighted by Crippen LogP contribution is 2.19. The lowest BCUT2D eigenvalue weighted by Crippen LogP contribution is -2.13. The summed E-state index contributed by atoms with van der Waals surface area (Å²) in [6.07, 6.45) is 3.92. The highest BCUT2D eigenvalue weighted by Gasteiger charge is 2.13. The van der Waals surface area contributed by atoms with Gasteiger partial charge in [0.15, 0.2) is 0 Å². The molecule has 5 heteroatoms. The van der Waals surface area contributed by atoms with E-state index >= 15 is 0 Å². The predicted octanol–water partition coefficient (Wildman–Crippen LogP) is 5.66. The number of rotatable bonds is 7. The molecule has 0 aliphatic heterocycles. The largest absolute Gasteiger partial charge is 0.457 e. The van der Waals surface area contributed by atoms with Crippen LogP contribution in [0.1, 0.15) is 31.8 Å². The lowest BCUT2D eigenvalue weighted by Gasteiger charge is -2.10. The third kappa shape index (κ3) is 5.60. The van der Waals surface area contributed by atoms with Gasteiger partial charge in [-0.15, -0.1) is 0 Å². The molecule has 0 aliphatic rings. The molecule has 0 unspecified atom stereocenters. The minimum Gasteiger partial charge on any atom is -0.457 e. The lowest BCUT2D eigenvalue weighted by molar-refractivity contribution is -0.111. The van der Waals surface area contributed by atoms with E-state index in [0.29, 0.717) is 11.3 Å². The molecule has 0 spiro atoms. The molecule has 0 aliphatic carbocycles. The summed E-state index contributed by atoms with van der Waals surface area (Å²) < 4.78 is 5.39. The Morgan fingerprint density at radius 3 is 2.21 bits per heavy atom. The summed E-state index contributed by atoms with van der Waals surface area (Å²) in [4.78, 5) is 36.0. The second-order valence-corrected chi connectivity index (χ2v) is 7.41. The Hall–Kier alpha value is -4.51. The van der Waals surface area contributed by atoms with Crippen molar-refractivity contribution in [2.45, 2.75) is 6.61 Å². The second kappa shape index (κ2) is 10.2. The Labute approximate surface area is 191 Å². The number of carbonyl (C=O) groups excluding carboxylic acids is 3. The highest BCUT2D eigenvalue weighted by molar-refractivity contribution is 6.06. The maximum absolute atomic E-state index is 12.6. The van der Waals surface area contributed by atoms with E-state index in [1.54, 1.807) is 36.4 Å². The predicted molar refractivity (Wildman–Crippen MR) is 129 cm³/mol.